The Hall–Kier alpha value is -0.650. The molecule has 0 bridgehead atoms. The Balaban J connectivity index is 0.00000120. The van der Waals surface area contributed by atoms with E-state index in [1.165, 1.54) is 32.5 Å². The Labute approximate surface area is 182 Å². The summed E-state index contributed by atoms with van der Waals surface area (Å²) in [4.78, 5) is 22.2. The molecule has 1 amide bonds. The molecule has 29 heavy (non-hydrogen) atoms. The van der Waals surface area contributed by atoms with Gasteiger partial charge in [0.25, 0.3) is 0 Å². The molecule has 3 aliphatic rings. The average Bonchev–Trinajstić information content (AvgIpc) is 2.80. The summed E-state index contributed by atoms with van der Waals surface area (Å²) in [6, 6.07) is 0. The standard InChI is InChI=1S/C18H34N4O.3C2H6/c1-19-7-3-16(4-8-19)15-21-9-5-17(6-10-21)18(23)22-13-11-20(2)12-14-22;3*1-2/h16-17H,3-15H2,1-2H3;3*1-2H3. The fourth-order valence-electron chi connectivity index (χ4n) is 4.26. The summed E-state index contributed by atoms with van der Waals surface area (Å²) in [5.41, 5.74) is 0. The number of amides is 1. The lowest BCUT2D eigenvalue weighted by atomic mass is 9.92. The number of nitrogens with zero attached hydrogens (tertiary/aromatic N) is 4. The zero-order valence-electron chi connectivity index (χ0n) is 21.0. The van der Waals surface area contributed by atoms with E-state index in [1.807, 2.05) is 41.5 Å². The topological polar surface area (TPSA) is 30.0 Å². The first-order chi connectivity index (χ1) is 14.1. The van der Waals surface area contributed by atoms with Crippen LogP contribution in [0.5, 0.6) is 0 Å². The molecule has 3 aliphatic heterocycles. The molecule has 0 aromatic heterocycles. The highest BCUT2D eigenvalue weighted by molar-refractivity contribution is 5.79. The van der Waals surface area contributed by atoms with Gasteiger partial charge in [0, 0.05) is 38.6 Å². The quantitative estimate of drug-likeness (QED) is 0.703. The molecule has 5 nitrogen and oxygen atoms in total. The molecule has 0 atom stereocenters. The summed E-state index contributed by atoms with van der Waals surface area (Å²) in [5.74, 6) is 1.58. The van der Waals surface area contributed by atoms with Crippen LogP contribution in [0.2, 0.25) is 0 Å². The number of hydrogen-bond donors (Lipinski definition) is 0. The summed E-state index contributed by atoms with van der Waals surface area (Å²) in [6.45, 7) is 21.9. The zero-order chi connectivity index (χ0) is 22.2. The van der Waals surface area contributed by atoms with E-state index in [9.17, 15) is 4.79 Å². The van der Waals surface area contributed by atoms with E-state index in [2.05, 4.69) is 33.7 Å². The van der Waals surface area contributed by atoms with Crippen molar-refractivity contribution >= 4 is 5.91 Å². The molecule has 0 aromatic carbocycles. The number of carbonyl (C=O) groups is 1. The Bertz CT molecular complexity index is 380. The number of piperidine rings is 2. The number of carbonyl (C=O) groups excluding carboxylic acids is 1. The summed E-state index contributed by atoms with van der Waals surface area (Å²) in [7, 11) is 4.37. The van der Waals surface area contributed by atoms with Crippen LogP contribution in [-0.4, -0.2) is 98.5 Å². The van der Waals surface area contributed by atoms with E-state index in [1.54, 1.807) is 0 Å². The molecule has 0 aliphatic carbocycles. The normalized spacial score (nSPS) is 22.4. The lowest BCUT2D eigenvalue weighted by molar-refractivity contribution is -0.138. The third kappa shape index (κ3) is 10.3. The molecular formula is C24H52N4O. The van der Waals surface area contributed by atoms with Crippen LogP contribution in [0.1, 0.15) is 67.2 Å². The van der Waals surface area contributed by atoms with Crippen molar-refractivity contribution in [2.75, 3.05) is 73.0 Å². The van der Waals surface area contributed by atoms with Gasteiger partial charge in [-0.3, -0.25) is 4.79 Å². The maximum absolute atomic E-state index is 12.7. The fraction of sp³-hybridized carbons (Fsp3) is 0.958. The van der Waals surface area contributed by atoms with Crippen LogP contribution in [0.4, 0.5) is 0 Å². The van der Waals surface area contributed by atoms with E-state index < -0.39 is 0 Å². The molecule has 3 rings (SSSR count). The molecule has 0 unspecified atom stereocenters. The maximum Gasteiger partial charge on any atom is 0.225 e. The number of likely N-dealkylation sites (N-methyl/N-ethyl adjacent to an activating group) is 1. The molecule has 0 saturated carbocycles. The molecule has 0 N–H and O–H groups in total. The van der Waals surface area contributed by atoms with Gasteiger partial charge in [0.05, 0.1) is 0 Å². The third-order valence-corrected chi connectivity index (χ3v) is 6.11. The van der Waals surface area contributed by atoms with Crippen LogP contribution in [0.15, 0.2) is 0 Å². The van der Waals surface area contributed by atoms with Gasteiger partial charge in [0.15, 0.2) is 0 Å². The SMILES string of the molecule is CC.CC.CC.CN1CCC(CN2CCC(C(=O)N3CCN(C)CC3)CC2)CC1. The smallest absolute Gasteiger partial charge is 0.225 e. The van der Waals surface area contributed by atoms with E-state index in [-0.39, 0.29) is 5.92 Å². The average molecular weight is 413 g/mol. The minimum Gasteiger partial charge on any atom is -0.340 e. The second-order valence-corrected chi connectivity index (χ2v) is 7.95. The first-order valence-electron chi connectivity index (χ1n) is 12.5. The van der Waals surface area contributed by atoms with Gasteiger partial charge >= 0.3 is 0 Å². The minimum atomic E-state index is 0.284. The van der Waals surface area contributed by atoms with Crippen LogP contribution in [0, 0.1) is 11.8 Å². The first-order valence-corrected chi connectivity index (χ1v) is 12.5. The lowest BCUT2D eigenvalue weighted by Gasteiger charge is -2.39. The summed E-state index contributed by atoms with van der Waals surface area (Å²) in [5, 5.41) is 0. The molecule has 5 heteroatoms. The van der Waals surface area contributed by atoms with Crippen LogP contribution in [-0.2, 0) is 4.79 Å². The molecule has 3 heterocycles. The summed E-state index contributed by atoms with van der Waals surface area (Å²) >= 11 is 0. The monoisotopic (exact) mass is 412 g/mol. The predicted molar refractivity (Wildman–Crippen MR) is 128 cm³/mol. The zero-order valence-corrected chi connectivity index (χ0v) is 21.0. The van der Waals surface area contributed by atoms with E-state index >= 15 is 0 Å². The highest BCUT2D eigenvalue weighted by Crippen LogP contribution is 2.23. The molecule has 0 radical (unpaired) electrons. The van der Waals surface area contributed by atoms with Gasteiger partial charge < -0.3 is 19.6 Å². The van der Waals surface area contributed by atoms with Crippen LogP contribution < -0.4 is 0 Å². The second-order valence-electron chi connectivity index (χ2n) is 7.95. The van der Waals surface area contributed by atoms with Crippen LogP contribution in [0.25, 0.3) is 0 Å². The van der Waals surface area contributed by atoms with Crippen molar-refractivity contribution in [3.05, 3.63) is 0 Å². The second kappa shape index (κ2) is 17.1. The molecule has 0 spiro atoms. The van der Waals surface area contributed by atoms with Crippen molar-refractivity contribution in [3.8, 4) is 0 Å². The molecular weight excluding hydrogens is 360 g/mol. The van der Waals surface area contributed by atoms with E-state index in [0.29, 0.717) is 5.91 Å². The summed E-state index contributed by atoms with van der Waals surface area (Å²) < 4.78 is 0. The highest BCUT2D eigenvalue weighted by atomic mass is 16.2. The molecule has 174 valence electrons. The van der Waals surface area contributed by atoms with Crippen molar-refractivity contribution in [1.82, 2.24) is 19.6 Å². The van der Waals surface area contributed by atoms with E-state index in [0.717, 1.165) is 58.0 Å². The first kappa shape index (κ1) is 28.4. The van der Waals surface area contributed by atoms with Crippen molar-refractivity contribution in [3.63, 3.8) is 0 Å². The van der Waals surface area contributed by atoms with Gasteiger partial charge in [-0.2, -0.15) is 0 Å². The van der Waals surface area contributed by atoms with Gasteiger partial charge in [-0.05, 0) is 71.9 Å². The van der Waals surface area contributed by atoms with Gasteiger partial charge in [0.2, 0.25) is 5.91 Å². The van der Waals surface area contributed by atoms with Crippen LogP contribution >= 0.6 is 0 Å². The lowest BCUT2D eigenvalue weighted by Crippen LogP contribution is -2.50. The van der Waals surface area contributed by atoms with E-state index in [4.69, 9.17) is 0 Å². The maximum atomic E-state index is 12.7. The highest BCUT2D eigenvalue weighted by Gasteiger charge is 2.30. The molecule has 3 fully saturated rings. The number of rotatable bonds is 3. The largest absolute Gasteiger partial charge is 0.340 e. The predicted octanol–water partition coefficient (Wildman–Crippen LogP) is 3.89. The van der Waals surface area contributed by atoms with Crippen molar-refractivity contribution < 1.29 is 4.79 Å². The minimum absolute atomic E-state index is 0.284. The van der Waals surface area contributed by atoms with Gasteiger partial charge in [-0.25, -0.2) is 0 Å². The van der Waals surface area contributed by atoms with Crippen molar-refractivity contribution in [1.29, 1.82) is 0 Å². The molecule has 3 saturated heterocycles. The summed E-state index contributed by atoms with van der Waals surface area (Å²) in [6.07, 6.45) is 4.82. The Morgan fingerprint density at radius 2 is 1.10 bits per heavy atom. The Morgan fingerprint density at radius 1 is 0.655 bits per heavy atom. The third-order valence-electron chi connectivity index (χ3n) is 6.11. The number of hydrogen-bond acceptors (Lipinski definition) is 4. The van der Waals surface area contributed by atoms with Gasteiger partial charge in [-0.15, -0.1) is 0 Å². The molecule has 0 aromatic rings. The van der Waals surface area contributed by atoms with Gasteiger partial charge in [-0.1, -0.05) is 41.5 Å². The van der Waals surface area contributed by atoms with Gasteiger partial charge in [0.1, 0.15) is 0 Å². The van der Waals surface area contributed by atoms with Crippen molar-refractivity contribution in [2.45, 2.75) is 67.2 Å². The van der Waals surface area contributed by atoms with Crippen molar-refractivity contribution in [2.24, 2.45) is 11.8 Å². The number of likely N-dealkylation sites (tertiary alicyclic amines) is 2. The fourth-order valence-corrected chi connectivity index (χ4v) is 4.26. The van der Waals surface area contributed by atoms with Crippen LogP contribution in [0.3, 0.4) is 0 Å². The number of piperazine rings is 1. The Morgan fingerprint density at radius 3 is 1.59 bits per heavy atom. The Kier molecular flexibility index (Phi) is 16.7.